The molecular weight excluding hydrogens is 155 g/mol. The molecule has 2 nitrogen and oxygen atoms in total. The molecular formula is C9H13FN2. The molecule has 3 heteroatoms. The minimum Gasteiger partial charge on any atom is -0.317 e. The van der Waals surface area contributed by atoms with Crippen LogP contribution in [0, 0.1) is 0 Å². The van der Waals surface area contributed by atoms with Crippen LogP contribution in [0.5, 0.6) is 0 Å². The summed E-state index contributed by atoms with van der Waals surface area (Å²) in [7, 11) is 1.75. The first-order valence-electron chi connectivity index (χ1n) is 4.00. The Balaban J connectivity index is 2.41. The molecule has 0 amide bonds. The minimum absolute atomic E-state index is 0.398. The SMILES string of the molecule is CNCC(F)Cc1cccnc1. The topological polar surface area (TPSA) is 24.9 Å². The summed E-state index contributed by atoms with van der Waals surface area (Å²) in [4.78, 5) is 3.91. The number of nitrogens with zero attached hydrogens (tertiary/aromatic N) is 1. The molecule has 0 aromatic carbocycles. The average molecular weight is 168 g/mol. The highest BCUT2D eigenvalue weighted by Crippen LogP contribution is 2.02. The van der Waals surface area contributed by atoms with Crippen LogP contribution in [0.4, 0.5) is 4.39 Å². The van der Waals surface area contributed by atoms with Gasteiger partial charge in [-0.2, -0.15) is 0 Å². The third-order valence-corrected chi connectivity index (χ3v) is 1.61. The zero-order valence-corrected chi connectivity index (χ0v) is 7.13. The van der Waals surface area contributed by atoms with E-state index < -0.39 is 6.17 Å². The van der Waals surface area contributed by atoms with E-state index in [1.165, 1.54) is 0 Å². The van der Waals surface area contributed by atoms with Gasteiger partial charge >= 0.3 is 0 Å². The van der Waals surface area contributed by atoms with Crippen molar-refractivity contribution in [2.24, 2.45) is 0 Å². The Kier molecular flexibility index (Phi) is 3.67. The molecule has 1 rings (SSSR count). The summed E-state index contributed by atoms with van der Waals surface area (Å²) in [6, 6.07) is 3.71. The lowest BCUT2D eigenvalue weighted by Crippen LogP contribution is -2.21. The second kappa shape index (κ2) is 4.83. The second-order valence-corrected chi connectivity index (χ2v) is 2.72. The molecule has 1 heterocycles. The monoisotopic (exact) mass is 168 g/mol. The van der Waals surface area contributed by atoms with Crippen LogP contribution in [-0.2, 0) is 6.42 Å². The maximum absolute atomic E-state index is 13.0. The molecule has 1 atom stereocenters. The smallest absolute Gasteiger partial charge is 0.117 e. The number of hydrogen-bond donors (Lipinski definition) is 1. The van der Waals surface area contributed by atoms with Crippen molar-refractivity contribution in [3.63, 3.8) is 0 Å². The third kappa shape index (κ3) is 2.96. The zero-order valence-electron chi connectivity index (χ0n) is 7.13. The summed E-state index contributed by atoms with van der Waals surface area (Å²) in [5.74, 6) is 0. The van der Waals surface area contributed by atoms with E-state index in [9.17, 15) is 4.39 Å². The van der Waals surface area contributed by atoms with Crippen molar-refractivity contribution in [3.8, 4) is 0 Å². The number of rotatable bonds is 4. The molecule has 0 fully saturated rings. The van der Waals surface area contributed by atoms with Crippen LogP contribution in [0.3, 0.4) is 0 Å². The summed E-state index contributed by atoms with van der Waals surface area (Å²) in [6.45, 7) is 0.398. The predicted octanol–water partition coefficient (Wildman–Crippen LogP) is 1.18. The number of alkyl halides is 1. The van der Waals surface area contributed by atoms with Crippen LogP contribution in [0.2, 0.25) is 0 Å². The fraction of sp³-hybridized carbons (Fsp3) is 0.444. The molecule has 0 saturated heterocycles. The summed E-state index contributed by atoms with van der Waals surface area (Å²) in [5, 5.41) is 2.79. The van der Waals surface area contributed by atoms with E-state index >= 15 is 0 Å². The maximum Gasteiger partial charge on any atom is 0.117 e. The molecule has 0 aliphatic carbocycles. The molecule has 0 spiro atoms. The molecule has 1 aromatic heterocycles. The van der Waals surface area contributed by atoms with Gasteiger partial charge in [0.05, 0.1) is 0 Å². The van der Waals surface area contributed by atoms with Crippen LogP contribution in [-0.4, -0.2) is 24.7 Å². The van der Waals surface area contributed by atoms with Crippen LogP contribution in [0.25, 0.3) is 0 Å². The van der Waals surface area contributed by atoms with Crippen molar-refractivity contribution in [3.05, 3.63) is 30.1 Å². The molecule has 1 unspecified atom stereocenters. The molecule has 0 aliphatic heterocycles. The van der Waals surface area contributed by atoms with Crippen molar-refractivity contribution in [1.29, 1.82) is 0 Å². The Hall–Kier alpha value is -0.960. The lowest BCUT2D eigenvalue weighted by molar-refractivity contribution is 0.324. The lowest BCUT2D eigenvalue weighted by atomic mass is 10.1. The van der Waals surface area contributed by atoms with Gasteiger partial charge in [-0.15, -0.1) is 0 Å². The average Bonchev–Trinajstić information content (AvgIpc) is 2.06. The highest BCUT2D eigenvalue weighted by Gasteiger charge is 2.05. The van der Waals surface area contributed by atoms with Gasteiger partial charge in [-0.1, -0.05) is 6.07 Å². The molecule has 1 N–H and O–H groups in total. The van der Waals surface area contributed by atoms with Gasteiger partial charge in [-0.25, -0.2) is 4.39 Å². The first kappa shape index (κ1) is 9.13. The number of nitrogens with one attached hydrogen (secondary N) is 1. The first-order chi connectivity index (χ1) is 5.83. The van der Waals surface area contributed by atoms with Crippen molar-refractivity contribution in [2.45, 2.75) is 12.6 Å². The largest absolute Gasteiger partial charge is 0.317 e. The number of hydrogen-bond acceptors (Lipinski definition) is 2. The highest BCUT2D eigenvalue weighted by molar-refractivity contribution is 5.09. The lowest BCUT2D eigenvalue weighted by Gasteiger charge is -2.05. The molecule has 0 bridgehead atoms. The fourth-order valence-corrected chi connectivity index (χ4v) is 1.07. The summed E-state index contributed by atoms with van der Waals surface area (Å²) >= 11 is 0. The Morgan fingerprint density at radius 2 is 2.50 bits per heavy atom. The minimum atomic E-state index is -0.820. The van der Waals surface area contributed by atoms with E-state index in [0.29, 0.717) is 13.0 Å². The Morgan fingerprint density at radius 3 is 3.08 bits per heavy atom. The first-order valence-corrected chi connectivity index (χ1v) is 4.00. The number of pyridine rings is 1. The van der Waals surface area contributed by atoms with Crippen molar-refractivity contribution >= 4 is 0 Å². The van der Waals surface area contributed by atoms with Crippen LogP contribution in [0.1, 0.15) is 5.56 Å². The molecule has 66 valence electrons. The van der Waals surface area contributed by atoms with Gasteiger partial charge in [-0.05, 0) is 18.7 Å². The summed E-state index contributed by atoms with van der Waals surface area (Å²) in [5.41, 5.74) is 0.945. The fourth-order valence-electron chi connectivity index (χ4n) is 1.07. The van der Waals surface area contributed by atoms with Crippen LogP contribution in [0.15, 0.2) is 24.5 Å². The van der Waals surface area contributed by atoms with E-state index in [2.05, 4.69) is 10.3 Å². The third-order valence-electron chi connectivity index (χ3n) is 1.61. The highest BCUT2D eigenvalue weighted by atomic mass is 19.1. The van der Waals surface area contributed by atoms with E-state index in [-0.39, 0.29) is 0 Å². The summed E-state index contributed by atoms with van der Waals surface area (Å²) in [6.07, 6.45) is 3.00. The standard InChI is InChI=1S/C9H13FN2/c1-11-7-9(10)5-8-3-2-4-12-6-8/h2-4,6,9,11H,5,7H2,1H3. The van der Waals surface area contributed by atoms with Gasteiger partial charge in [0.2, 0.25) is 0 Å². The summed E-state index contributed by atoms with van der Waals surface area (Å²) < 4.78 is 13.0. The van der Waals surface area contributed by atoms with Gasteiger partial charge < -0.3 is 5.32 Å². The van der Waals surface area contributed by atoms with E-state index in [1.54, 1.807) is 19.4 Å². The van der Waals surface area contributed by atoms with Gasteiger partial charge in [0.25, 0.3) is 0 Å². The van der Waals surface area contributed by atoms with Crippen molar-refractivity contribution < 1.29 is 4.39 Å². The maximum atomic E-state index is 13.0. The number of aromatic nitrogens is 1. The second-order valence-electron chi connectivity index (χ2n) is 2.72. The molecule has 0 saturated carbocycles. The van der Waals surface area contributed by atoms with Crippen molar-refractivity contribution in [1.82, 2.24) is 10.3 Å². The molecule has 0 aliphatic rings. The van der Waals surface area contributed by atoms with E-state index in [4.69, 9.17) is 0 Å². The van der Waals surface area contributed by atoms with E-state index in [1.807, 2.05) is 12.1 Å². The quantitative estimate of drug-likeness (QED) is 0.730. The zero-order chi connectivity index (χ0) is 8.81. The van der Waals surface area contributed by atoms with Gasteiger partial charge in [0.1, 0.15) is 6.17 Å². The molecule has 0 radical (unpaired) electrons. The van der Waals surface area contributed by atoms with Crippen LogP contribution >= 0.6 is 0 Å². The predicted molar refractivity (Wildman–Crippen MR) is 46.8 cm³/mol. The van der Waals surface area contributed by atoms with Crippen molar-refractivity contribution in [2.75, 3.05) is 13.6 Å². The number of halogens is 1. The molecule has 1 aromatic rings. The van der Waals surface area contributed by atoms with Crippen LogP contribution < -0.4 is 5.32 Å². The van der Waals surface area contributed by atoms with Gasteiger partial charge in [-0.3, -0.25) is 4.98 Å². The normalized spacial score (nSPS) is 12.8. The Labute approximate surface area is 71.8 Å². The van der Waals surface area contributed by atoms with Gasteiger partial charge in [0, 0.05) is 25.4 Å². The van der Waals surface area contributed by atoms with Gasteiger partial charge in [0.15, 0.2) is 0 Å². The Morgan fingerprint density at radius 1 is 1.67 bits per heavy atom. The van der Waals surface area contributed by atoms with E-state index in [0.717, 1.165) is 5.56 Å². The Bertz CT molecular complexity index is 213. The molecule has 12 heavy (non-hydrogen) atoms.